The van der Waals surface area contributed by atoms with Crippen LogP contribution >= 0.6 is 0 Å². The Labute approximate surface area is 144 Å². The number of carbonyl (C=O) groups is 2. The molecule has 7 nitrogen and oxygen atoms in total. The van der Waals surface area contributed by atoms with Gasteiger partial charge in [-0.25, -0.2) is 13.9 Å². The zero-order valence-electron chi connectivity index (χ0n) is 14.4. The number of amides is 1. The summed E-state index contributed by atoms with van der Waals surface area (Å²) >= 11 is 0. The average molecular weight is 348 g/mol. The number of nitrogens with one attached hydrogen (secondary N) is 1. The summed E-state index contributed by atoms with van der Waals surface area (Å²) in [4.78, 5) is 23.6. The standard InChI is InChI=1S/C17H21FN4O3/c1-10(2)8-14(17(24)25)19-16(23)15-11(3)22(21-20-15)9-12-4-6-13(18)7-5-12/h4-7,10,14H,8-9H2,1-3H3,(H,19,23)(H,24,25). The SMILES string of the molecule is Cc1c(C(=O)NC(CC(C)C)C(=O)O)nnn1Cc1ccc(F)cc1. The number of hydrogen-bond donors (Lipinski definition) is 2. The molecule has 1 heterocycles. The molecule has 2 N–H and O–H groups in total. The molecule has 134 valence electrons. The molecule has 1 unspecified atom stereocenters. The summed E-state index contributed by atoms with van der Waals surface area (Å²) < 4.78 is 14.5. The Balaban J connectivity index is 2.12. The van der Waals surface area contributed by atoms with Crippen LogP contribution in [0.4, 0.5) is 4.39 Å². The number of carbonyl (C=O) groups excluding carboxylic acids is 1. The van der Waals surface area contributed by atoms with Crippen LogP contribution in [0.25, 0.3) is 0 Å². The van der Waals surface area contributed by atoms with Crippen molar-refractivity contribution in [3.8, 4) is 0 Å². The maximum atomic E-state index is 13.0. The maximum absolute atomic E-state index is 13.0. The Morgan fingerprint density at radius 1 is 1.28 bits per heavy atom. The third-order valence-corrected chi connectivity index (χ3v) is 3.75. The molecule has 0 spiro atoms. The predicted molar refractivity (Wildman–Crippen MR) is 88.6 cm³/mol. The van der Waals surface area contributed by atoms with E-state index in [1.165, 1.54) is 16.8 Å². The number of aliphatic carboxylic acids is 1. The topological polar surface area (TPSA) is 97.1 Å². The first kappa shape index (κ1) is 18.6. The summed E-state index contributed by atoms with van der Waals surface area (Å²) in [5, 5.41) is 19.5. The van der Waals surface area contributed by atoms with Crippen molar-refractivity contribution in [3.05, 3.63) is 47.0 Å². The van der Waals surface area contributed by atoms with E-state index in [1.54, 1.807) is 19.1 Å². The van der Waals surface area contributed by atoms with E-state index in [-0.39, 0.29) is 17.4 Å². The molecule has 0 aliphatic carbocycles. The van der Waals surface area contributed by atoms with Crippen molar-refractivity contribution in [2.45, 2.75) is 39.8 Å². The van der Waals surface area contributed by atoms with Gasteiger partial charge >= 0.3 is 5.97 Å². The van der Waals surface area contributed by atoms with Gasteiger partial charge in [0.25, 0.3) is 5.91 Å². The third-order valence-electron chi connectivity index (χ3n) is 3.75. The minimum atomic E-state index is -1.08. The normalized spacial score (nSPS) is 12.2. The molecule has 0 aliphatic heterocycles. The van der Waals surface area contributed by atoms with Crippen LogP contribution in [-0.4, -0.2) is 38.0 Å². The number of carboxylic acids is 1. The molecule has 0 saturated carbocycles. The molecule has 1 amide bonds. The van der Waals surface area contributed by atoms with Gasteiger partial charge in [0, 0.05) is 0 Å². The molecule has 2 rings (SSSR count). The second-order valence-electron chi connectivity index (χ2n) is 6.30. The van der Waals surface area contributed by atoms with Crippen LogP contribution in [0.1, 0.15) is 42.0 Å². The van der Waals surface area contributed by atoms with Gasteiger partial charge in [0.2, 0.25) is 0 Å². The highest BCUT2D eigenvalue weighted by atomic mass is 19.1. The minimum absolute atomic E-state index is 0.0807. The Kier molecular flexibility index (Phi) is 5.84. The highest BCUT2D eigenvalue weighted by Crippen LogP contribution is 2.11. The van der Waals surface area contributed by atoms with Crippen LogP contribution in [0.5, 0.6) is 0 Å². The zero-order chi connectivity index (χ0) is 18.6. The van der Waals surface area contributed by atoms with Crippen molar-refractivity contribution in [1.82, 2.24) is 20.3 Å². The van der Waals surface area contributed by atoms with E-state index in [9.17, 15) is 19.1 Å². The fourth-order valence-corrected chi connectivity index (χ4v) is 2.40. The molecular weight excluding hydrogens is 327 g/mol. The van der Waals surface area contributed by atoms with E-state index in [1.807, 2.05) is 13.8 Å². The summed E-state index contributed by atoms with van der Waals surface area (Å²) in [6, 6.07) is 4.96. The van der Waals surface area contributed by atoms with Crippen molar-refractivity contribution >= 4 is 11.9 Å². The van der Waals surface area contributed by atoms with Crippen LogP contribution in [-0.2, 0) is 11.3 Å². The molecule has 25 heavy (non-hydrogen) atoms. The van der Waals surface area contributed by atoms with Crippen molar-refractivity contribution in [1.29, 1.82) is 0 Å². The van der Waals surface area contributed by atoms with E-state index in [0.29, 0.717) is 18.7 Å². The smallest absolute Gasteiger partial charge is 0.326 e. The van der Waals surface area contributed by atoms with E-state index in [4.69, 9.17) is 0 Å². The molecule has 2 aromatic rings. The molecule has 0 aliphatic rings. The number of hydrogen-bond acceptors (Lipinski definition) is 4. The van der Waals surface area contributed by atoms with Crippen LogP contribution in [0.3, 0.4) is 0 Å². The van der Waals surface area contributed by atoms with Crippen molar-refractivity contribution in [3.63, 3.8) is 0 Å². The molecule has 0 saturated heterocycles. The van der Waals surface area contributed by atoms with Crippen molar-refractivity contribution in [2.75, 3.05) is 0 Å². The molecule has 1 aromatic carbocycles. The van der Waals surface area contributed by atoms with Crippen molar-refractivity contribution in [2.24, 2.45) is 5.92 Å². The monoisotopic (exact) mass is 348 g/mol. The van der Waals surface area contributed by atoms with Crippen LogP contribution in [0, 0.1) is 18.7 Å². The number of carboxylic acid groups (broad SMARTS) is 1. The Morgan fingerprint density at radius 3 is 2.48 bits per heavy atom. The number of rotatable bonds is 7. The van der Waals surface area contributed by atoms with Gasteiger partial charge in [-0.1, -0.05) is 31.2 Å². The van der Waals surface area contributed by atoms with Gasteiger partial charge in [0.15, 0.2) is 5.69 Å². The van der Waals surface area contributed by atoms with E-state index in [0.717, 1.165) is 5.56 Å². The van der Waals surface area contributed by atoms with E-state index >= 15 is 0 Å². The average Bonchev–Trinajstić information content (AvgIpc) is 2.89. The molecule has 0 fully saturated rings. The maximum Gasteiger partial charge on any atom is 0.326 e. The Hall–Kier alpha value is -2.77. The largest absolute Gasteiger partial charge is 0.480 e. The van der Waals surface area contributed by atoms with Gasteiger partial charge in [0.05, 0.1) is 12.2 Å². The quantitative estimate of drug-likeness (QED) is 0.798. The summed E-state index contributed by atoms with van der Waals surface area (Å²) in [5.74, 6) is -1.87. The first-order chi connectivity index (χ1) is 11.8. The lowest BCUT2D eigenvalue weighted by atomic mass is 10.0. The minimum Gasteiger partial charge on any atom is -0.480 e. The van der Waals surface area contributed by atoms with E-state index < -0.39 is 17.9 Å². The number of nitrogens with zero attached hydrogens (tertiary/aromatic N) is 3. The lowest BCUT2D eigenvalue weighted by Gasteiger charge is -2.15. The van der Waals surface area contributed by atoms with Crippen molar-refractivity contribution < 1.29 is 19.1 Å². The fourth-order valence-electron chi connectivity index (χ4n) is 2.40. The van der Waals surface area contributed by atoms with Gasteiger partial charge in [-0.05, 0) is 37.0 Å². The second kappa shape index (κ2) is 7.87. The Bertz CT molecular complexity index is 756. The summed E-state index contributed by atoms with van der Waals surface area (Å²) in [6.45, 7) is 5.77. The van der Waals surface area contributed by atoms with Crippen LogP contribution in [0.15, 0.2) is 24.3 Å². The zero-order valence-corrected chi connectivity index (χ0v) is 14.4. The van der Waals surface area contributed by atoms with Crippen LogP contribution < -0.4 is 5.32 Å². The highest BCUT2D eigenvalue weighted by molar-refractivity contribution is 5.95. The molecule has 1 atom stereocenters. The third kappa shape index (κ3) is 4.85. The fraction of sp³-hybridized carbons (Fsp3) is 0.412. The van der Waals surface area contributed by atoms with Gasteiger partial charge in [-0.2, -0.15) is 0 Å². The highest BCUT2D eigenvalue weighted by Gasteiger charge is 2.24. The number of benzene rings is 1. The summed E-state index contributed by atoms with van der Waals surface area (Å²) in [5.41, 5.74) is 1.40. The van der Waals surface area contributed by atoms with E-state index in [2.05, 4.69) is 15.6 Å². The van der Waals surface area contributed by atoms with Crippen LogP contribution in [0.2, 0.25) is 0 Å². The predicted octanol–water partition coefficient (Wildman–Crippen LogP) is 2.00. The Morgan fingerprint density at radius 2 is 1.92 bits per heavy atom. The van der Waals surface area contributed by atoms with Gasteiger partial charge in [-0.15, -0.1) is 5.10 Å². The molecular formula is C17H21FN4O3. The molecule has 0 radical (unpaired) electrons. The lowest BCUT2D eigenvalue weighted by Crippen LogP contribution is -2.42. The summed E-state index contributed by atoms with van der Waals surface area (Å²) in [7, 11) is 0. The molecule has 0 bridgehead atoms. The lowest BCUT2D eigenvalue weighted by molar-refractivity contribution is -0.139. The van der Waals surface area contributed by atoms with Gasteiger partial charge in [0.1, 0.15) is 11.9 Å². The molecule has 8 heteroatoms. The number of halogens is 1. The summed E-state index contributed by atoms with van der Waals surface area (Å²) in [6.07, 6.45) is 0.323. The van der Waals surface area contributed by atoms with Gasteiger partial charge < -0.3 is 10.4 Å². The first-order valence-electron chi connectivity index (χ1n) is 7.96. The second-order valence-corrected chi connectivity index (χ2v) is 6.30. The number of aromatic nitrogens is 3. The van der Waals surface area contributed by atoms with Gasteiger partial charge in [-0.3, -0.25) is 4.79 Å². The first-order valence-corrected chi connectivity index (χ1v) is 7.96. The molecule has 1 aromatic heterocycles.